The first-order chi connectivity index (χ1) is 6.57. The van der Waals surface area contributed by atoms with Gasteiger partial charge in [-0.3, -0.25) is 0 Å². The van der Waals surface area contributed by atoms with E-state index >= 15 is 0 Å². The van der Waals surface area contributed by atoms with Crippen molar-refractivity contribution in [2.45, 2.75) is 20.0 Å². The van der Waals surface area contributed by atoms with E-state index < -0.39 is 11.7 Å². The first kappa shape index (κ1) is 15.5. The maximum absolute atomic E-state index is 6.22. The summed E-state index contributed by atoms with van der Waals surface area (Å²) in [5, 5.41) is 0. The summed E-state index contributed by atoms with van der Waals surface area (Å²) >= 11 is 30.3. The molecular formula is C3H9Cl5N3OP3. The van der Waals surface area contributed by atoms with Crippen LogP contribution in [0.1, 0.15) is 13.8 Å². The van der Waals surface area contributed by atoms with E-state index in [9.17, 15) is 0 Å². The van der Waals surface area contributed by atoms with E-state index in [1.54, 1.807) is 13.8 Å². The van der Waals surface area contributed by atoms with Crippen LogP contribution in [0.3, 0.4) is 0 Å². The molecule has 0 aromatic rings. The van der Waals surface area contributed by atoms with Gasteiger partial charge in [0.15, 0.2) is 0 Å². The number of halogens is 5. The van der Waals surface area contributed by atoms with Crippen molar-refractivity contribution in [2.75, 3.05) is 0 Å². The number of nitrogens with one attached hydrogen (secondary N) is 1. The summed E-state index contributed by atoms with van der Waals surface area (Å²) < 4.78 is 10.3. The Morgan fingerprint density at radius 1 is 1.47 bits per heavy atom. The van der Waals surface area contributed by atoms with Crippen LogP contribution in [0.4, 0.5) is 0 Å². The molecule has 0 radical (unpaired) electrons. The van der Waals surface area contributed by atoms with Gasteiger partial charge in [-0.1, -0.05) is 0 Å². The fourth-order valence-electron chi connectivity index (χ4n) is 0.845. The summed E-state index contributed by atoms with van der Waals surface area (Å²) in [5.41, 5.74) is 0. The van der Waals surface area contributed by atoms with Crippen LogP contribution in [0.2, 0.25) is 0 Å². The van der Waals surface area contributed by atoms with Crippen molar-refractivity contribution in [1.29, 1.82) is 0 Å². The molecule has 1 aliphatic rings. The molecule has 0 aromatic heterocycles. The zero-order chi connectivity index (χ0) is 11.9. The van der Waals surface area contributed by atoms with Gasteiger partial charge in [-0.15, -0.1) is 0 Å². The zero-order valence-electron chi connectivity index (χ0n) is 7.66. The molecule has 0 saturated carbocycles. The van der Waals surface area contributed by atoms with Crippen LogP contribution in [0.5, 0.6) is 0 Å². The second kappa shape index (κ2) is 4.83. The molecule has 4 nitrogen and oxygen atoms in total. The van der Waals surface area contributed by atoms with Crippen molar-refractivity contribution in [1.82, 2.24) is 8.82 Å². The van der Waals surface area contributed by atoms with E-state index in [1.807, 2.05) is 0 Å². The molecule has 0 amide bonds. The van der Waals surface area contributed by atoms with Gasteiger partial charge in [0.05, 0.1) is 0 Å². The van der Waals surface area contributed by atoms with E-state index in [-0.39, 0.29) is 15.0 Å². The molecule has 0 spiro atoms. The second-order valence-electron chi connectivity index (χ2n) is 2.97. The summed E-state index contributed by atoms with van der Waals surface area (Å²) in [6.07, 6.45) is -0.220. The number of nitrogens with zero attached hydrogens (tertiary/aromatic N) is 2. The minimum atomic E-state index is -3.92. The summed E-state index contributed by atoms with van der Waals surface area (Å²) in [4.78, 5) is 2.76. The number of rotatable bonds is 2. The van der Waals surface area contributed by atoms with Gasteiger partial charge in [-0.2, -0.15) is 0 Å². The Hall–Kier alpha value is 2.42. The van der Waals surface area contributed by atoms with Gasteiger partial charge >= 0.3 is 115 Å². The molecule has 15 heavy (non-hydrogen) atoms. The Kier molecular flexibility index (Phi) is 4.99. The molecule has 12 heteroatoms. The third-order valence-electron chi connectivity index (χ3n) is 1.26. The Bertz CT molecular complexity index is 318. The van der Waals surface area contributed by atoms with E-state index in [2.05, 4.69) is 9.37 Å². The first-order valence-corrected chi connectivity index (χ1v) is 12.4. The first-order valence-electron chi connectivity index (χ1n) is 3.72. The molecule has 1 atom stereocenters. The van der Waals surface area contributed by atoms with Crippen molar-refractivity contribution >= 4 is 77.4 Å². The summed E-state index contributed by atoms with van der Waals surface area (Å²) in [6.45, 7) is 3.56. The molecule has 1 rings (SSSR count). The van der Waals surface area contributed by atoms with Crippen LogP contribution in [-0.4, -0.2) is 10.1 Å². The molecule has 1 aliphatic heterocycles. The summed E-state index contributed by atoms with van der Waals surface area (Å²) in [6, 6.07) is 0. The summed E-state index contributed by atoms with van der Waals surface area (Å²) in [5.74, 6) is -6.80. The van der Waals surface area contributed by atoms with Crippen LogP contribution in [-0.2, 0) is 4.52 Å². The molecule has 0 aromatic carbocycles. The summed E-state index contributed by atoms with van der Waals surface area (Å²) in [7, 11) is -0.135. The van der Waals surface area contributed by atoms with Gasteiger partial charge in [-0.05, 0) is 0 Å². The van der Waals surface area contributed by atoms with Gasteiger partial charge in [-0.25, -0.2) is 0 Å². The molecule has 0 saturated heterocycles. The van der Waals surface area contributed by atoms with E-state index in [0.717, 1.165) is 3.96 Å². The molecule has 0 bridgehead atoms. The quantitative estimate of drug-likeness (QED) is 0.476. The molecule has 1 N–H and O–H groups in total. The van der Waals surface area contributed by atoms with Gasteiger partial charge in [0, 0.05) is 0 Å². The topological polar surface area (TPSA) is 36.9 Å². The van der Waals surface area contributed by atoms with Crippen molar-refractivity contribution in [3.05, 3.63) is 0 Å². The molecule has 1 unspecified atom stereocenters. The molecular weight excluding hydrogens is 364 g/mol. The van der Waals surface area contributed by atoms with Crippen molar-refractivity contribution < 1.29 is 4.52 Å². The predicted octanol–water partition coefficient (Wildman–Crippen LogP) is 6.01. The third-order valence-corrected chi connectivity index (χ3v) is 16.9. The fourth-order valence-corrected chi connectivity index (χ4v) is 14.9. The van der Waals surface area contributed by atoms with Crippen molar-refractivity contribution in [2.24, 2.45) is 4.52 Å². The van der Waals surface area contributed by atoms with Gasteiger partial charge in [0.2, 0.25) is 0 Å². The predicted molar refractivity (Wildman–Crippen MR) is 75.0 cm³/mol. The van der Waals surface area contributed by atoms with Crippen molar-refractivity contribution in [3.8, 4) is 0 Å². The maximum atomic E-state index is 6.22. The SMILES string of the molecule is CC(C)OP1(Cl)(Cl)NPN=P(Cl)(Cl)N1Cl. The monoisotopic (exact) mass is 371 g/mol. The van der Waals surface area contributed by atoms with E-state index in [4.69, 9.17) is 61.3 Å². The average Bonchev–Trinajstić information content (AvgIpc) is 1.98. The van der Waals surface area contributed by atoms with Crippen LogP contribution in [0.15, 0.2) is 4.52 Å². The van der Waals surface area contributed by atoms with Gasteiger partial charge < -0.3 is 0 Å². The zero-order valence-corrected chi connectivity index (χ0v) is 14.2. The average molecular weight is 373 g/mol. The number of hydrogen-bond donors (Lipinski definition) is 1. The molecule has 92 valence electrons. The third kappa shape index (κ3) is 3.46. The van der Waals surface area contributed by atoms with Crippen LogP contribution in [0.25, 0.3) is 0 Å². The Morgan fingerprint density at radius 2 is 2.00 bits per heavy atom. The number of hydrogen-bond acceptors (Lipinski definition) is 4. The van der Waals surface area contributed by atoms with Crippen LogP contribution < -0.4 is 4.86 Å². The van der Waals surface area contributed by atoms with Gasteiger partial charge in [0.25, 0.3) is 0 Å². The second-order valence-corrected chi connectivity index (χ2v) is 17.2. The normalized spacial score (nSPS) is 33.2. The van der Waals surface area contributed by atoms with Gasteiger partial charge in [0.1, 0.15) is 0 Å². The Balaban J connectivity index is 3.10. The molecule has 0 fully saturated rings. The van der Waals surface area contributed by atoms with Crippen LogP contribution >= 0.6 is 77.4 Å². The van der Waals surface area contributed by atoms with E-state index in [1.165, 1.54) is 0 Å². The Morgan fingerprint density at radius 3 is 2.47 bits per heavy atom. The Labute approximate surface area is 115 Å². The molecule has 0 aliphatic carbocycles. The standard InChI is InChI=1S/C3H9Cl5N3OP3/c1-3(2)12-15(7,8)10-13-9-14(5,6)11(15)4/h3,10,13H,1-2H3. The van der Waals surface area contributed by atoms with Crippen LogP contribution in [0, 0.1) is 0 Å². The molecule has 1 heterocycles. The fraction of sp³-hybridized carbons (Fsp3) is 1.00. The minimum absolute atomic E-state index is 0.135. The van der Waals surface area contributed by atoms with Crippen molar-refractivity contribution in [3.63, 3.8) is 0 Å². The van der Waals surface area contributed by atoms with E-state index in [0.29, 0.717) is 0 Å².